The number of rotatable bonds is 7. The van der Waals surface area contributed by atoms with Crippen LogP contribution in [0.2, 0.25) is 0 Å². The van der Waals surface area contributed by atoms with Gasteiger partial charge in [0, 0.05) is 42.3 Å². The van der Waals surface area contributed by atoms with Crippen molar-refractivity contribution < 1.29 is 9.15 Å². The summed E-state index contributed by atoms with van der Waals surface area (Å²) in [4.78, 5) is 0. The predicted molar refractivity (Wildman–Crippen MR) is 83.5 cm³/mol. The average molecular weight is 284 g/mol. The fourth-order valence-corrected chi connectivity index (χ4v) is 2.46. The van der Waals surface area contributed by atoms with E-state index in [9.17, 15) is 0 Å². The molecule has 4 heteroatoms. The van der Waals surface area contributed by atoms with Crippen molar-refractivity contribution in [3.05, 3.63) is 54.6 Å². The predicted octanol–water partition coefficient (Wildman–Crippen LogP) is 3.42. The zero-order valence-electron chi connectivity index (χ0n) is 12.2. The third-order valence-corrected chi connectivity index (χ3v) is 3.49. The Balaban J connectivity index is 1.59. The van der Waals surface area contributed by atoms with E-state index in [1.54, 1.807) is 12.5 Å². The SMILES string of the molecule is CCOc1ccc2c(ccn2CCNCc2ccoc2)c1. The molecule has 0 aliphatic heterocycles. The van der Waals surface area contributed by atoms with Crippen LogP contribution in [0.15, 0.2) is 53.5 Å². The van der Waals surface area contributed by atoms with Crippen molar-refractivity contribution in [2.45, 2.75) is 20.0 Å². The molecule has 0 spiro atoms. The van der Waals surface area contributed by atoms with Gasteiger partial charge in [-0.3, -0.25) is 0 Å². The van der Waals surface area contributed by atoms with Crippen molar-refractivity contribution in [2.24, 2.45) is 0 Å². The molecule has 21 heavy (non-hydrogen) atoms. The first-order valence-corrected chi connectivity index (χ1v) is 7.30. The molecule has 0 atom stereocenters. The van der Waals surface area contributed by atoms with Crippen LogP contribution in [0.25, 0.3) is 10.9 Å². The Kier molecular flexibility index (Phi) is 4.26. The molecule has 0 fully saturated rings. The summed E-state index contributed by atoms with van der Waals surface area (Å²) in [6.07, 6.45) is 5.60. The molecule has 110 valence electrons. The highest BCUT2D eigenvalue weighted by Gasteiger charge is 2.02. The van der Waals surface area contributed by atoms with E-state index in [1.807, 2.05) is 19.1 Å². The van der Waals surface area contributed by atoms with Crippen molar-refractivity contribution in [3.8, 4) is 5.75 Å². The molecule has 0 amide bonds. The summed E-state index contributed by atoms with van der Waals surface area (Å²) in [5.74, 6) is 0.931. The zero-order valence-corrected chi connectivity index (χ0v) is 12.2. The molecule has 1 aromatic carbocycles. The van der Waals surface area contributed by atoms with E-state index in [4.69, 9.17) is 9.15 Å². The summed E-state index contributed by atoms with van der Waals surface area (Å²) in [5.41, 5.74) is 2.41. The summed E-state index contributed by atoms with van der Waals surface area (Å²) in [5, 5.41) is 4.64. The monoisotopic (exact) mass is 284 g/mol. The minimum Gasteiger partial charge on any atom is -0.494 e. The lowest BCUT2D eigenvalue weighted by molar-refractivity contribution is 0.340. The minimum atomic E-state index is 0.699. The van der Waals surface area contributed by atoms with Gasteiger partial charge >= 0.3 is 0 Å². The number of ether oxygens (including phenoxy) is 1. The molecule has 2 heterocycles. The largest absolute Gasteiger partial charge is 0.494 e. The maximum atomic E-state index is 5.53. The van der Waals surface area contributed by atoms with Crippen LogP contribution in [0.3, 0.4) is 0 Å². The highest BCUT2D eigenvalue weighted by atomic mass is 16.5. The van der Waals surface area contributed by atoms with Crippen LogP contribution in [0, 0.1) is 0 Å². The summed E-state index contributed by atoms with van der Waals surface area (Å²) in [6, 6.07) is 10.4. The highest BCUT2D eigenvalue weighted by Crippen LogP contribution is 2.21. The van der Waals surface area contributed by atoms with Crippen LogP contribution in [0.1, 0.15) is 12.5 Å². The second-order valence-corrected chi connectivity index (χ2v) is 4.97. The number of nitrogens with zero attached hydrogens (tertiary/aromatic N) is 1. The third-order valence-electron chi connectivity index (χ3n) is 3.49. The molecule has 3 rings (SSSR count). The van der Waals surface area contributed by atoms with E-state index >= 15 is 0 Å². The number of hydrogen-bond acceptors (Lipinski definition) is 3. The molecule has 2 aromatic heterocycles. The van der Waals surface area contributed by atoms with Gasteiger partial charge in [0.05, 0.1) is 19.1 Å². The molecule has 0 aliphatic carbocycles. The molecule has 0 aliphatic rings. The summed E-state index contributed by atoms with van der Waals surface area (Å²) < 4.78 is 12.8. The number of furan rings is 1. The topological polar surface area (TPSA) is 39.3 Å². The molecule has 3 aromatic rings. The molecular weight excluding hydrogens is 264 g/mol. The van der Waals surface area contributed by atoms with Gasteiger partial charge in [-0.25, -0.2) is 0 Å². The molecule has 4 nitrogen and oxygen atoms in total. The third kappa shape index (κ3) is 3.28. The first-order chi connectivity index (χ1) is 10.4. The Morgan fingerprint density at radius 1 is 1.24 bits per heavy atom. The Morgan fingerprint density at radius 3 is 3.00 bits per heavy atom. The minimum absolute atomic E-state index is 0.699. The Bertz CT molecular complexity index is 686. The lowest BCUT2D eigenvalue weighted by Gasteiger charge is -2.07. The molecule has 0 saturated heterocycles. The maximum Gasteiger partial charge on any atom is 0.120 e. The molecule has 0 saturated carbocycles. The van der Waals surface area contributed by atoms with Crippen LogP contribution in [-0.4, -0.2) is 17.7 Å². The highest BCUT2D eigenvalue weighted by molar-refractivity contribution is 5.81. The molecule has 1 N–H and O–H groups in total. The standard InChI is InChI=1S/C17H20N2O2/c1-2-21-16-3-4-17-15(11-16)5-8-19(17)9-7-18-12-14-6-10-20-13-14/h3-6,8,10-11,13,18H,2,7,9,12H2,1H3. The summed E-state index contributed by atoms with van der Waals surface area (Å²) in [6.45, 7) is 5.40. The van der Waals surface area contributed by atoms with Gasteiger partial charge in [0.25, 0.3) is 0 Å². The number of fused-ring (bicyclic) bond motifs is 1. The maximum absolute atomic E-state index is 5.53. The van der Waals surface area contributed by atoms with Crippen molar-refractivity contribution in [3.63, 3.8) is 0 Å². The molecular formula is C17H20N2O2. The van der Waals surface area contributed by atoms with Gasteiger partial charge in [-0.1, -0.05) is 0 Å². The van der Waals surface area contributed by atoms with E-state index in [2.05, 4.69) is 34.3 Å². The van der Waals surface area contributed by atoms with Crippen LogP contribution in [0.5, 0.6) is 5.75 Å². The smallest absolute Gasteiger partial charge is 0.120 e. The summed E-state index contributed by atoms with van der Waals surface area (Å²) in [7, 11) is 0. The van der Waals surface area contributed by atoms with Crippen molar-refractivity contribution in [1.82, 2.24) is 9.88 Å². The van der Waals surface area contributed by atoms with E-state index in [-0.39, 0.29) is 0 Å². The normalized spacial score (nSPS) is 11.1. The summed E-state index contributed by atoms with van der Waals surface area (Å²) >= 11 is 0. The van der Waals surface area contributed by atoms with Gasteiger partial charge in [0.1, 0.15) is 5.75 Å². The van der Waals surface area contributed by atoms with Crippen molar-refractivity contribution in [2.75, 3.05) is 13.2 Å². The average Bonchev–Trinajstić information content (AvgIpc) is 3.13. The fraction of sp³-hybridized carbons (Fsp3) is 0.294. The van der Waals surface area contributed by atoms with Crippen molar-refractivity contribution in [1.29, 1.82) is 0 Å². The Hall–Kier alpha value is -2.20. The Labute approximate surface area is 124 Å². The van der Waals surface area contributed by atoms with Gasteiger partial charge in [0.15, 0.2) is 0 Å². The number of benzene rings is 1. The van der Waals surface area contributed by atoms with E-state index < -0.39 is 0 Å². The van der Waals surface area contributed by atoms with E-state index in [1.165, 1.54) is 16.5 Å². The second kappa shape index (κ2) is 6.50. The lowest BCUT2D eigenvalue weighted by Crippen LogP contribution is -2.18. The first kappa shape index (κ1) is 13.8. The van der Waals surface area contributed by atoms with Gasteiger partial charge in [-0.15, -0.1) is 0 Å². The van der Waals surface area contributed by atoms with Crippen LogP contribution < -0.4 is 10.1 Å². The first-order valence-electron chi connectivity index (χ1n) is 7.30. The van der Waals surface area contributed by atoms with Gasteiger partial charge < -0.3 is 19.0 Å². The zero-order chi connectivity index (χ0) is 14.5. The van der Waals surface area contributed by atoms with Crippen molar-refractivity contribution >= 4 is 10.9 Å². The van der Waals surface area contributed by atoms with Crippen LogP contribution in [-0.2, 0) is 13.1 Å². The lowest BCUT2D eigenvalue weighted by atomic mass is 10.2. The van der Waals surface area contributed by atoms with E-state index in [0.29, 0.717) is 6.61 Å². The number of hydrogen-bond donors (Lipinski definition) is 1. The molecule has 0 radical (unpaired) electrons. The van der Waals surface area contributed by atoms with Crippen LogP contribution >= 0.6 is 0 Å². The van der Waals surface area contributed by atoms with E-state index in [0.717, 1.165) is 25.4 Å². The second-order valence-electron chi connectivity index (χ2n) is 4.97. The van der Waals surface area contributed by atoms with Gasteiger partial charge in [-0.2, -0.15) is 0 Å². The number of aromatic nitrogens is 1. The van der Waals surface area contributed by atoms with Gasteiger partial charge in [-0.05, 0) is 37.3 Å². The van der Waals surface area contributed by atoms with Crippen LogP contribution in [0.4, 0.5) is 0 Å². The Morgan fingerprint density at radius 2 is 2.19 bits per heavy atom. The quantitative estimate of drug-likeness (QED) is 0.676. The number of nitrogens with one attached hydrogen (secondary N) is 1. The molecule has 0 bridgehead atoms. The van der Waals surface area contributed by atoms with Gasteiger partial charge in [0.2, 0.25) is 0 Å². The molecule has 0 unspecified atom stereocenters. The fourth-order valence-electron chi connectivity index (χ4n) is 2.46.